The number of halogens is 1. The third-order valence-corrected chi connectivity index (χ3v) is 4.20. The number of hydrogen-bond donors (Lipinski definition) is 1. The molecular formula is C13H18FN3O2S. The molecule has 0 saturated carbocycles. The highest BCUT2D eigenvalue weighted by Crippen LogP contribution is 2.19. The van der Waals surface area contributed by atoms with E-state index >= 15 is 0 Å². The molecule has 1 fully saturated rings. The molecule has 7 heteroatoms. The van der Waals surface area contributed by atoms with Crippen LogP contribution in [0.1, 0.15) is 5.56 Å². The van der Waals surface area contributed by atoms with Crippen molar-refractivity contribution < 1.29 is 9.31 Å². The van der Waals surface area contributed by atoms with Gasteiger partial charge < -0.3 is 10.2 Å². The summed E-state index contributed by atoms with van der Waals surface area (Å²) in [5.41, 5.74) is 0.359. The Morgan fingerprint density at radius 3 is 2.85 bits per heavy atom. The highest BCUT2D eigenvalue weighted by atomic mass is 32.2. The molecule has 0 spiro atoms. The molecule has 0 aliphatic carbocycles. The van der Waals surface area contributed by atoms with Crippen LogP contribution in [0, 0.1) is 15.9 Å². The molecule has 1 N–H and O–H groups in total. The lowest BCUT2D eigenvalue weighted by Crippen LogP contribution is -2.37. The predicted octanol–water partition coefficient (Wildman–Crippen LogP) is 1.87. The predicted molar refractivity (Wildman–Crippen MR) is 78.5 cm³/mol. The largest absolute Gasteiger partial charge is 0.311 e. The molecule has 2 rings (SSSR count). The number of benzene rings is 1. The minimum Gasteiger partial charge on any atom is -0.311 e. The molecule has 0 bridgehead atoms. The van der Waals surface area contributed by atoms with Crippen molar-refractivity contribution in [3.63, 3.8) is 0 Å². The number of nitro groups is 1. The van der Waals surface area contributed by atoms with Gasteiger partial charge in [-0.05, 0) is 12.1 Å². The van der Waals surface area contributed by atoms with Gasteiger partial charge in [0.05, 0.1) is 4.92 Å². The van der Waals surface area contributed by atoms with Crippen molar-refractivity contribution in [1.82, 2.24) is 10.2 Å². The minimum atomic E-state index is -0.474. The third kappa shape index (κ3) is 4.43. The average Bonchev–Trinajstić information content (AvgIpc) is 2.44. The fourth-order valence-corrected chi connectivity index (χ4v) is 3.14. The Kier molecular flexibility index (Phi) is 5.75. The monoisotopic (exact) mass is 299 g/mol. The molecule has 1 heterocycles. The van der Waals surface area contributed by atoms with Crippen LogP contribution >= 0.6 is 11.8 Å². The maximum atomic E-state index is 13.1. The summed E-state index contributed by atoms with van der Waals surface area (Å²) in [7, 11) is 0. The zero-order valence-corrected chi connectivity index (χ0v) is 12.0. The van der Waals surface area contributed by atoms with E-state index in [2.05, 4.69) is 10.2 Å². The first-order valence-electron chi connectivity index (χ1n) is 6.60. The normalized spacial score (nSPS) is 16.2. The number of nitro benzene ring substituents is 1. The van der Waals surface area contributed by atoms with Crippen molar-refractivity contribution in [2.24, 2.45) is 0 Å². The molecule has 0 aromatic heterocycles. The topological polar surface area (TPSA) is 58.4 Å². The van der Waals surface area contributed by atoms with Gasteiger partial charge in [0, 0.05) is 55.9 Å². The van der Waals surface area contributed by atoms with Crippen LogP contribution < -0.4 is 5.32 Å². The summed E-state index contributed by atoms with van der Waals surface area (Å²) < 4.78 is 13.1. The second kappa shape index (κ2) is 7.56. The first kappa shape index (κ1) is 15.2. The summed E-state index contributed by atoms with van der Waals surface area (Å²) in [6, 6.07) is 3.56. The summed E-state index contributed by atoms with van der Waals surface area (Å²) in [5, 5.41) is 14.0. The fraction of sp³-hybridized carbons (Fsp3) is 0.538. The van der Waals surface area contributed by atoms with Gasteiger partial charge in [-0.25, -0.2) is 4.39 Å². The smallest absolute Gasteiger partial charge is 0.274 e. The number of thioether (sulfide) groups is 1. The van der Waals surface area contributed by atoms with Crippen molar-refractivity contribution >= 4 is 17.4 Å². The summed E-state index contributed by atoms with van der Waals surface area (Å²) in [5.74, 6) is 1.88. The molecule has 1 saturated heterocycles. The molecule has 5 nitrogen and oxygen atoms in total. The van der Waals surface area contributed by atoms with Gasteiger partial charge in [-0.2, -0.15) is 11.8 Å². The summed E-state index contributed by atoms with van der Waals surface area (Å²) in [6.45, 7) is 4.16. The van der Waals surface area contributed by atoms with Gasteiger partial charge in [0.1, 0.15) is 5.82 Å². The second-order valence-corrected chi connectivity index (χ2v) is 5.89. The molecule has 1 aromatic rings. The van der Waals surface area contributed by atoms with Gasteiger partial charge in [-0.15, -0.1) is 0 Å². The van der Waals surface area contributed by atoms with Crippen molar-refractivity contribution in [2.45, 2.75) is 6.54 Å². The molecule has 20 heavy (non-hydrogen) atoms. The van der Waals surface area contributed by atoms with Crippen LogP contribution in [-0.4, -0.2) is 47.5 Å². The zero-order valence-electron chi connectivity index (χ0n) is 11.2. The molecule has 110 valence electrons. The number of nitrogens with one attached hydrogen (secondary N) is 1. The van der Waals surface area contributed by atoms with Gasteiger partial charge in [-0.3, -0.25) is 10.1 Å². The van der Waals surface area contributed by atoms with Crippen LogP contribution in [0.25, 0.3) is 0 Å². The van der Waals surface area contributed by atoms with Crippen LogP contribution in [0.3, 0.4) is 0 Å². The maximum Gasteiger partial charge on any atom is 0.274 e. The van der Waals surface area contributed by atoms with Gasteiger partial charge in [-0.1, -0.05) is 0 Å². The fourth-order valence-electron chi connectivity index (χ4n) is 2.16. The molecule has 0 amide bonds. The summed E-state index contributed by atoms with van der Waals surface area (Å²) in [4.78, 5) is 12.7. The van der Waals surface area contributed by atoms with E-state index in [1.54, 1.807) is 0 Å². The maximum absolute atomic E-state index is 13.1. The molecule has 0 atom stereocenters. The summed E-state index contributed by atoms with van der Waals surface area (Å²) >= 11 is 1.96. The molecular weight excluding hydrogens is 281 g/mol. The lowest BCUT2D eigenvalue weighted by atomic mass is 10.1. The summed E-state index contributed by atoms with van der Waals surface area (Å²) in [6.07, 6.45) is 0. The van der Waals surface area contributed by atoms with E-state index < -0.39 is 10.7 Å². The minimum absolute atomic E-state index is 0.0340. The first-order chi connectivity index (χ1) is 9.66. The standard InChI is InChI=1S/C13H18FN3O2S/c14-12-1-2-13(17(18)19)11(9-12)10-15-3-4-16-5-7-20-8-6-16/h1-2,9,15H,3-8,10H2. The van der Waals surface area contributed by atoms with Crippen LogP contribution in [0.15, 0.2) is 18.2 Å². The van der Waals surface area contributed by atoms with Crippen molar-refractivity contribution in [3.8, 4) is 0 Å². The molecule has 1 aliphatic rings. The number of hydrogen-bond acceptors (Lipinski definition) is 5. The van der Waals surface area contributed by atoms with Crippen molar-refractivity contribution in [3.05, 3.63) is 39.7 Å². The Labute approximate surface area is 121 Å². The number of nitrogens with zero attached hydrogens (tertiary/aromatic N) is 2. The van der Waals surface area contributed by atoms with Gasteiger partial charge in [0.25, 0.3) is 5.69 Å². The second-order valence-electron chi connectivity index (χ2n) is 4.66. The number of rotatable bonds is 6. The SMILES string of the molecule is O=[N+]([O-])c1ccc(F)cc1CNCCN1CCSCC1. The first-order valence-corrected chi connectivity index (χ1v) is 7.76. The Balaban J connectivity index is 1.81. The molecule has 1 aliphatic heterocycles. The lowest BCUT2D eigenvalue weighted by molar-refractivity contribution is -0.385. The Morgan fingerprint density at radius 2 is 2.15 bits per heavy atom. The van der Waals surface area contributed by atoms with E-state index in [-0.39, 0.29) is 5.69 Å². The Morgan fingerprint density at radius 1 is 1.40 bits per heavy atom. The lowest BCUT2D eigenvalue weighted by Gasteiger charge is -2.26. The van der Waals surface area contributed by atoms with Crippen molar-refractivity contribution in [2.75, 3.05) is 37.7 Å². The van der Waals surface area contributed by atoms with E-state index in [4.69, 9.17) is 0 Å². The van der Waals surface area contributed by atoms with E-state index in [1.165, 1.54) is 12.1 Å². The van der Waals surface area contributed by atoms with E-state index in [9.17, 15) is 14.5 Å². The zero-order chi connectivity index (χ0) is 14.4. The Bertz CT molecular complexity index is 467. The van der Waals surface area contributed by atoms with Gasteiger partial charge >= 0.3 is 0 Å². The van der Waals surface area contributed by atoms with E-state index in [0.29, 0.717) is 12.1 Å². The van der Waals surface area contributed by atoms with E-state index in [1.807, 2.05) is 11.8 Å². The van der Waals surface area contributed by atoms with Gasteiger partial charge in [0.2, 0.25) is 0 Å². The average molecular weight is 299 g/mol. The quantitative estimate of drug-likeness (QED) is 0.494. The molecule has 0 radical (unpaired) electrons. The molecule has 0 unspecified atom stereocenters. The highest BCUT2D eigenvalue weighted by molar-refractivity contribution is 7.99. The van der Waals surface area contributed by atoms with Gasteiger partial charge in [0.15, 0.2) is 0 Å². The van der Waals surface area contributed by atoms with Crippen molar-refractivity contribution in [1.29, 1.82) is 0 Å². The highest BCUT2D eigenvalue weighted by Gasteiger charge is 2.14. The van der Waals surface area contributed by atoms with Crippen LogP contribution in [-0.2, 0) is 6.54 Å². The van der Waals surface area contributed by atoms with Crippen LogP contribution in [0.5, 0.6) is 0 Å². The van der Waals surface area contributed by atoms with E-state index in [0.717, 1.165) is 43.8 Å². The van der Waals surface area contributed by atoms with Crippen LogP contribution in [0.4, 0.5) is 10.1 Å². The Hall–Kier alpha value is -1.18. The third-order valence-electron chi connectivity index (χ3n) is 3.26. The molecule has 1 aromatic carbocycles. The van der Waals surface area contributed by atoms with Crippen LogP contribution in [0.2, 0.25) is 0 Å².